The van der Waals surface area contributed by atoms with E-state index >= 15 is 0 Å². The van der Waals surface area contributed by atoms with Gasteiger partial charge in [0.1, 0.15) is 12.4 Å². The molecule has 0 atom stereocenters. The van der Waals surface area contributed by atoms with Crippen molar-refractivity contribution in [2.45, 2.75) is 0 Å². The Bertz CT molecular complexity index is 285. The first kappa shape index (κ1) is 10.7. The quantitative estimate of drug-likeness (QED) is 0.769. The van der Waals surface area contributed by atoms with E-state index in [0.717, 1.165) is 0 Å². The Labute approximate surface area is 83.0 Å². The highest BCUT2D eigenvalue weighted by atomic mass is 16.5. The molecule has 14 heavy (non-hydrogen) atoms. The number of ether oxygens (including phenoxy) is 3. The van der Waals surface area contributed by atoms with Crippen molar-refractivity contribution in [2.24, 2.45) is 0 Å². The first-order chi connectivity index (χ1) is 6.81. The fraction of sp³-hybridized carbons (Fsp3) is 0.400. The summed E-state index contributed by atoms with van der Waals surface area (Å²) in [4.78, 5) is 0. The standard InChI is InChI=1S/C10H14O4/c1-12-8-3-4-9(14-6-5-11)10(7-8)13-2/h3-4,7,11H,5-6H2,1-2H3. The maximum absolute atomic E-state index is 8.60. The number of hydrogen-bond acceptors (Lipinski definition) is 4. The fourth-order valence-corrected chi connectivity index (χ4v) is 1.05. The fourth-order valence-electron chi connectivity index (χ4n) is 1.05. The van der Waals surface area contributed by atoms with E-state index in [1.807, 2.05) is 0 Å². The number of benzene rings is 1. The molecule has 0 aliphatic carbocycles. The van der Waals surface area contributed by atoms with Gasteiger partial charge in [-0.2, -0.15) is 0 Å². The molecule has 0 aromatic heterocycles. The third-order valence-corrected chi connectivity index (χ3v) is 1.72. The maximum Gasteiger partial charge on any atom is 0.164 e. The predicted molar refractivity (Wildman–Crippen MR) is 52.1 cm³/mol. The van der Waals surface area contributed by atoms with Crippen LogP contribution >= 0.6 is 0 Å². The van der Waals surface area contributed by atoms with Crippen LogP contribution in [0.4, 0.5) is 0 Å². The van der Waals surface area contributed by atoms with Crippen molar-refractivity contribution >= 4 is 0 Å². The minimum Gasteiger partial charge on any atom is -0.497 e. The second-order valence-electron chi connectivity index (χ2n) is 2.59. The van der Waals surface area contributed by atoms with Crippen LogP contribution in [0.3, 0.4) is 0 Å². The first-order valence-corrected chi connectivity index (χ1v) is 4.27. The number of rotatable bonds is 5. The summed E-state index contributed by atoms with van der Waals surface area (Å²) in [5.74, 6) is 1.90. The van der Waals surface area contributed by atoms with E-state index in [2.05, 4.69) is 0 Å². The summed E-state index contributed by atoms with van der Waals surface area (Å²) in [6, 6.07) is 5.25. The van der Waals surface area contributed by atoms with Gasteiger partial charge in [0.15, 0.2) is 11.5 Å². The zero-order chi connectivity index (χ0) is 10.4. The third kappa shape index (κ3) is 2.53. The smallest absolute Gasteiger partial charge is 0.164 e. The summed E-state index contributed by atoms with van der Waals surface area (Å²) < 4.78 is 15.4. The topological polar surface area (TPSA) is 47.9 Å². The molecule has 0 radical (unpaired) electrons. The van der Waals surface area contributed by atoms with Gasteiger partial charge in [-0.3, -0.25) is 0 Å². The van der Waals surface area contributed by atoms with Crippen LogP contribution in [-0.2, 0) is 0 Å². The lowest BCUT2D eigenvalue weighted by molar-refractivity contribution is 0.196. The van der Waals surface area contributed by atoms with Crippen molar-refractivity contribution in [1.29, 1.82) is 0 Å². The highest BCUT2D eigenvalue weighted by Gasteiger charge is 2.05. The molecule has 0 amide bonds. The average molecular weight is 198 g/mol. The van der Waals surface area contributed by atoms with E-state index in [0.29, 0.717) is 17.2 Å². The van der Waals surface area contributed by atoms with Crippen LogP contribution in [0.2, 0.25) is 0 Å². The summed E-state index contributed by atoms with van der Waals surface area (Å²) >= 11 is 0. The molecule has 0 fully saturated rings. The van der Waals surface area contributed by atoms with Gasteiger partial charge in [-0.15, -0.1) is 0 Å². The Hall–Kier alpha value is -1.42. The molecule has 1 rings (SSSR count). The molecule has 78 valence electrons. The molecule has 0 aliphatic heterocycles. The lowest BCUT2D eigenvalue weighted by Gasteiger charge is -2.10. The van der Waals surface area contributed by atoms with Crippen molar-refractivity contribution in [3.05, 3.63) is 18.2 Å². The molecule has 4 heteroatoms. The van der Waals surface area contributed by atoms with Crippen LogP contribution in [0.25, 0.3) is 0 Å². The average Bonchev–Trinajstić information content (AvgIpc) is 2.26. The van der Waals surface area contributed by atoms with Crippen LogP contribution in [0.15, 0.2) is 18.2 Å². The number of methoxy groups -OCH3 is 2. The SMILES string of the molecule is COc1ccc(OCCO)c(OC)c1. The zero-order valence-electron chi connectivity index (χ0n) is 8.32. The van der Waals surface area contributed by atoms with Gasteiger partial charge in [-0.25, -0.2) is 0 Å². The zero-order valence-corrected chi connectivity index (χ0v) is 8.32. The van der Waals surface area contributed by atoms with Crippen LogP contribution in [0.1, 0.15) is 0 Å². The molecule has 0 aliphatic rings. The summed E-state index contributed by atoms with van der Waals surface area (Å²) in [6.07, 6.45) is 0. The van der Waals surface area contributed by atoms with Crippen molar-refractivity contribution in [1.82, 2.24) is 0 Å². The van der Waals surface area contributed by atoms with Crippen molar-refractivity contribution in [2.75, 3.05) is 27.4 Å². The van der Waals surface area contributed by atoms with Crippen LogP contribution in [0, 0.1) is 0 Å². The summed E-state index contributed by atoms with van der Waals surface area (Å²) in [5, 5.41) is 8.60. The molecule has 0 bridgehead atoms. The molecule has 4 nitrogen and oxygen atoms in total. The second-order valence-corrected chi connectivity index (χ2v) is 2.59. The molecule has 1 aromatic rings. The number of hydrogen-bond donors (Lipinski definition) is 1. The van der Waals surface area contributed by atoms with Crippen molar-refractivity contribution in [3.8, 4) is 17.2 Å². The molecule has 0 heterocycles. The largest absolute Gasteiger partial charge is 0.497 e. The van der Waals surface area contributed by atoms with Gasteiger partial charge >= 0.3 is 0 Å². The molecule has 0 spiro atoms. The molecule has 0 unspecified atom stereocenters. The van der Waals surface area contributed by atoms with Crippen LogP contribution < -0.4 is 14.2 Å². The lowest BCUT2D eigenvalue weighted by Crippen LogP contribution is -2.03. The molecule has 0 saturated heterocycles. The second kappa shape index (κ2) is 5.34. The van der Waals surface area contributed by atoms with Crippen LogP contribution in [-0.4, -0.2) is 32.5 Å². The van der Waals surface area contributed by atoms with Gasteiger partial charge in [0.05, 0.1) is 20.8 Å². The van der Waals surface area contributed by atoms with E-state index in [4.69, 9.17) is 19.3 Å². The maximum atomic E-state index is 8.60. The highest BCUT2D eigenvalue weighted by Crippen LogP contribution is 2.30. The Morgan fingerprint density at radius 3 is 2.50 bits per heavy atom. The van der Waals surface area contributed by atoms with Crippen molar-refractivity contribution < 1.29 is 19.3 Å². The van der Waals surface area contributed by atoms with Crippen LogP contribution in [0.5, 0.6) is 17.2 Å². The van der Waals surface area contributed by atoms with Gasteiger partial charge < -0.3 is 19.3 Å². The van der Waals surface area contributed by atoms with E-state index in [9.17, 15) is 0 Å². The summed E-state index contributed by atoms with van der Waals surface area (Å²) in [6.45, 7) is 0.234. The Balaban J connectivity index is 2.82. The number of aliphatic hydroxyl groups excluding tert-OH is 1. The Kier molecular flexibility index (Phi) is 4.07. The van der Waals surface area contributed by atoms with E-state index < -0.39 is 0 Å². The van der Waals surface area contributed by atoms with Gasteiger partial charge in [-0.1, -0.05) is 0 Å². The van der Waals surface area contributed by atoms with Gasteiger partial charge in [-0.05, 0) is 12.1 Å². The van der Waals surface area contributed by atoms with Gasteiger partial charge in [0.2, 0.25) is 0 Å². The summed E-state index contributed by atoms with van der Waals surface area (Å²) in [5.41, 5.74) is 0. The van der Waals surface area contributed by atoms with E-state index in [-0.39, 0.29) is 13.2 Å². The minimum atomic E-state index is -0.0187. The highest BCUT2D eigenvalue weighted by molar-refractivity contribution is 5.45. The Morgan fingerprint density at radius 2 is 1.93 bits per heavy atom. The molecule has 1 N–H and O–H groups in total. The predicted octanol–water partition coefficient (Wildman–Crippen LogP) is 1.07. The third-order valence-electron chi connectivity index (χ3n) is 1.72. The van der Waals surface area contributed by atoms with E-state index in [1.165, 1.54) is 0 Å². The lowest BCUT2D eigenvalue weighted by atomic mass is 10.3. The van der Waals surface area contributed by atoms with Gasteiger partial charge in [0.25, 0.3) is 0 Å². The molecular formula is C10H14O4. The Morgan fingerprint density at radius 1 is 1.14 bits per heavy atom. The van der Waals surface area contributed by atoms with E-state index in [1.54, 1.807) is 32.4 Å². The van der Waals surface area contributed by atoms with Crippen molar-refractivity contribution in [3.63, 3.8) is 0 Å². The molecule has 1 aromatic carbocycles. The number of aliphatic hydroxyl groups is 1. The molecular weight excluding hydrogens is 184 g/mol. The molecule has 0 saturated carbocycles. The monoisotopic (exact) mass is 198 g/mol. The first-order valence-electron chi connectivity index (χ1n) is 4.27. The minimum absolute atomic E-state index is 0.0187. The van der Waals surface area contributed by atoms with Gasteiger partial charge in [0, 0.05) is 6.07 Å². The normalized spacial score (nSPS) is 9.64. The summed E-state index contributed by atoms with van der Waals surface area (Å²) in [7, 11) is 3.14.